The fourth-order valence-electron chi connectivity index (χ4n) is 3.74. The SMILES string of the molecule is COc1ccccc1C1/C(=C(/O)c2ccc(C)cc2)C(=O)C(=O)N1c1ccccc1. The minimum Gasteiger partial charge on any atom is -0.507 e. The molecule has 4 rings (SSSR count). The van der Waals surface area contributed by atoms with Gasteiger partial charge in [-0.1, -0.05) is 66.2 Å². The molecule has 1 saturated heterocycles. The fourth-order valence-corrected chi connectivity index (χ4v) is 3.74. The number of ether oxygens (including phenoxy) is 1. The Morgan fingerprint density at radius 1 is 0.900 bits per heavy atom. The molecule has 0 saturated carbocycles. The van der Waals surface area contributed by atoms with Gasteiger partial charge in [-0.15, -0.1) is 0 Å². The van der Waals surface area contributed by atoms with E-state index in [2.05, 4.69) is 0 Å². The van der Waals surface area contributed by atoms with Crippen molar-refractivity contribution >= 4 is 23.1 Å². The highest BCUT2D eigenvalue weighted by Crippen LogP contribution is 2.44. The van der Waals surface area contributed by atoms with Gasteiger partial charge in [0.1, 0.15) is 11.5 Å². The molecule has 5 nitrogen and oxygen atoms in total. The Morgan fingerprint density at radius 3 is 2.20 bits per heavy atom. The minimum atomic E-state index is -0.815. The predicted molar refractivity (Wildman–Crippen MR) is 115 cm³/mol. The van der Waals surface area contributed by atoms with Gasteiger partial charge < -0.3 is 9.84 Å². The standard InChI is InChI=1S/C25H21NO4/c1-16-12-14-17(15-13-16)23(27)21-22(19-10-6-7-11-20(19)30-2)26(25(29)24(21)28)18-8-4-3-5-9-18/h3-15,22,27H,1-2H3/b23-21-. The second kappa shape index (κ2) is 7.87. The molecule has 1 aliphatic rings. The van der Waals surface area contributed by atoms with Gasteiger partial charge in [0, 0.05) is 16.8 Å². The molecule has 1 atom stereocenters. The van der Waals surface area contributed by atoms with E-state index in [-0.39, 0.29) is 11.3 Å². The number of aryl methyl sites for hydroxylation is 1. The molecule has 0 bridgehead atoms. The molecule has 1 fully saturated rings. The maximum Gasteiger partial charge on any atom is 0.300 e. The van der Waals surface area contributed by atoms with Gasteiger partial charge in [0.15, 0.2) is 0 Å². The highest BCUT2D eigenvalue weighted by atomic mass is 16.5. The zero-order valence-corrected chi connectivity index (χ0v) is 16.7. The van der Waals surface area contributed by atoms with Crippen LogP contribution in [0.25, 0.3) is 5.76 Å². The number of amides is 1. The van der Waals surface area contributed by atoms with Crippen LogP contribution in [0.4, 0.5) is 5.69 Å². The normalized spacial score (nSPS) is 17.9. The van der Waals surface area contributed by atoms with Gasteiger partial charge >= 0.3 is 0 Å². The van der Waals surface area contributed by atoms with E-state index in [9.17, 15) is 14.7 Å². The Morgan fingerprint density at radius 2 is 1.53 bits per heavy atom. The number of carbonyl (C=O) groups excluding carboxylic acids is 2. The summed E-state index contributed by atoms with van der Waals surface area (Å²) in [6, 6.07) is 22.5. The van der Waals surface area contributed by atoms with Crippen LogP contribution in [-0.4, -0.2) is 23.9 Å². The highest BCUT2D eigenvalue weighted by Gasteiger charge is 2.47. The molecular formula is C25H21NO4. The molecule has 0 spiro atoms. The van der Waals surface area contributed by atoms with Crippen LogP contribution in [0.15, 0.2) is 84.4 Å². The van der Waals surface area contributed by atoms with Crippen molar-refractivity contribution in [2.45, 2.75) is 13.0 Å². The topological polar surface area (TPSA) is 66.8 Å². The van der Waals surface area contributed by atoms with Crippen LogP contribution in [0.5, 0.6) is 5.75 Å². The number of para-hydroxylation sites is 2. The first-order valence-corrected chi connectivity index (χ1v) is 9.59. The lowest BCUT2D eigenvalue weighted by molar-refractivity contribution is -0.132. The number of aliphatic hydroxyl groups is 1. The monoisotopic (exact) mass is 399 g/mol. The largest absolute Gasteiger partial charge is 0.507 e. The van der Waals surface area contributed by atoms with E-state index in [1.165, 1.54) is 12.0 Å². The number of Topliss-reactive ketones (excluding diaryl/α,β-unsaturated/α-hetero) is 1. The average molecular weight is 399 g/mol. The summed E-state index contributed by atoms with van der Waals surface area (Å²) in [6.45, 7) is 1.94. The number of nitrogens with zero attached hydrogens (tertiary/aromatic N) is 1. The summed E-state index contributed by atoms with van der Waals surface area (Å²) < 4.78 is 5.51. The van der Waals surface area contributed by atoms with Crippen LogP contribution in [0.2, 0.25) is 0 Å². The number of anilines is 1. The van der Waals surface area contributed by atoms with Gasteiger partial charge in [0.05, 0.1) is 18.7 Å². The first-order chi connectivity index (χ1) is 14.5. The molecule has 3 aromatic rings. The lowest BCUT2D eigenvalue weighted by Crippen LogP contribution is -2.29. The number of aliphatic hydroxyl groups excluding tert-OH is 1. The zero-order valence-electron chi connectivity index (χ0n) is 16.7. The summed E-state index contributed by atoms with van der Waals surface area (Å²) in [5.74, 6) is -1.10. The van der Waals surface area contributed by atoms with Gasteiger partial charge in [0.2, 0.25) is 0 Å². The van der Waals surface area contributed by atoms with Gasteiger partial charge in [-0.05, 0) is 25.1 Å². The molecule has 5 heteroatoms. The van der Waals surface area contributed by atoms with Gasteiger partial charge in [-0.3, -0.25) is 14.5 Å². The third-order valence-electron chi connectivity index (χ3n) is 5.24. The molecule has 1 N–H and O–H groups in total. The van der Waals surface area contributed by atoms with E-state index in [1.807, 2.05) is 37.3 Å². The third kappa shape index (κ3) is 3.24. The van der Waals surface area contributed by atoms with Crippen molar-refractivity contribution in [1.82, 2.24) is 0 Å². The van der Waals surface area contributed by atoms with Crippen molar-refractivity contribution in [2.24, 2.45) is 0 Å². The second-order valence-corrected chi connectivity index (χ2v) is 7.11. The van der Waals surface area contributed by atoms with E-state index < -0.39 is 17.7 Å². The van der Waals surface area contributed by atoms with Gasteiger partial charge in [-0.25, -0.2) is 0 Å². The molecule has 1 unspecified atom stereocenters. The molecular weight excluding hydrogens is 378 g/mol. The summed E-state index contributed by atoms with van der Waals surface area (Å²) in [5.41, 5.74) is 2.73. The van der Waals surface area contributed by atoms with E-state index in [4.69, 9.17) is 4.74 Å². The second-order valence-electron chi connectivity index (χ2n) is 7.11. The van der Waals surface area contributed by atoms with Crippen molar-refractivity contribution in [3.63, 3.8) is 0 Å². The smallest absolute Gasteiger partial charge is 0.300 e. The van der Waals surface area contributed by atoms with Crippen LogP contribution in [0.3, 0.4) is 0 Å². The average Bonchev–Trinajstić information content (AvgIpc) is 3.04. The quantitative estimate of drug-likeness (QED) is 0.395. The number of rotatable bonds is 4. The number of carbonyl (C=O) groups is 2. The van der Waals surface area contributed by atoms with Crippen molar-refractivity contribution < 1.29 is 19.4 Å². The maximum absolute atomic E-state index is 13.1. The number of methoxy groups -OCH3 is 1. The summed E-state index contributed by atoms with van der Waals surface area (Å²) in [7, 11) is 1.54. The lowest BCUT2D eigenvalue weighted by atomic mass is 9.94. The highest BCUT2D eigenvalue weighted by molar-refractivity contribution is 6.51. The Bertz CT molecular complexity index is 1130. The molecule has 0 aromatic heterocycles. The molecule has 1 aliphatic heterocycles. The Labute approximate surface area is 174 Å². The summed E-state index contributed by atoms with van der Waals surface area (Å²) in [6.07, 6.45) is 0. The first-order valence-electron chi connectivity index (χ1n) is 9.59. The Balaban J connectivity index is 1.98. The van der Waals surface area contributed by atoms with Crippen LogP contribution in [0.1, 0.15) is 22.7 Å². The van der Waals surface area contributed by atoms with Crippen LogP contribution in [0, 0.1) is 6.92 Å². The third-order valence-corrected chi connectivity index (χ3v) is 5.24. The van der Waals surface area contributed by atoms with E-state index >= 15 is 0 Å². The van der Waals surface area contributed by atoms with E-state index in [0.717, 1.165) is 5.56 Å². The first kappa shape index (κ1) is 19.5. The fraction of sp³-hybridized carbons (Fsp3) is 0.120. The summed E-state index contributed by atoms with van der Waals surface area (Å²) in [5, 5.41) is 11.1. The maximum atomic E-state index is 13.1. The Hall–Kier alpha value is -3.86. The van der Waals surface area contributed by atoms with Crippen molar-refractivity contribution in [2.75, 3.05) is 12.0 Å². The summed E-state index contributed by atoms with van der Waals surface area (Å²) >= 11 is 0. The lowest BCUT2D eigenvalue weighted by Gasteiger charge is -2.26. The van der Waals surface area contributed by atoms with E-state index in [0.29, 0.717) is 22.6 Å². The van der Waals surface area contributed by atoms with Crippen molar-refractivity contribution in [1.29, 1.82) is 0 Å². The van der Waals surface area contributed by atoms with Crippen molar-refractivity contribution in [3.8, 4) is 5.75 Å². The van der Waals surface area contributed by atoms with Crippen LogP contribution >= 0.6 is 0 Å². The molecule has 150 valence electrons. The van der Waals surface area contributed by atoms with Crippen molar-refractivity contribution in [3.05, 3.63) is 101 Å². The van der Waals surface area contributed by atoms with Gasteiger partial charge in [-0.2, -0.15) is 0 Å². The van der Waals surface area contributed by atoms with Crippen LogP contribution < -0.4 is 9.64 Å². The molecule has 1 amide bonds. The van der Waals surface area contributed by atoms with Gasteiger partial charge in [0.25, 0.3) is 11.7 Å². The molecule has 3 aromatic carbocycles. The molecule has 1 heterocycles. The number of hydrogen-bond donors (Lipinski definition) is 1. The number of hydrogen-bond acceptors (Lipinski definition) is 4. The number of ketones is 1. The number of benzene rings is 3. The predicted octanol–water partition coefficient (Wildman–Crippen LogP) is 4.63. The summed E-state index contributed by atoms with van der Waals surface area (Å²) in [4.78, 5) is 27.6. The molecule has 0 aliphatic carbocycles. The van der Waals surface area contributed by atoms with Crippen LogP contribution in [-0.2, 0) is 9.59 Å². The minimum absolute atomic E-state index is 0.0391. The Kier molecular flexibility index (Phi) is 5.11. The van der Waals surface area contributed by atoms with E-state index in [1.54, 1.807) is 48.5 Å². The molecule has 30 heavy (non-hydrogen) atoms. The molecule has 0 radical (unpaired) electrons. The zero-order chi connectivity index (χ0) is 21.3.